The quantitative estimate of drug-likeness (QED) is 0.733. The van der Waals surface area contributed by atoms with Gasteiger partial charge in [0.1, 0.15) is 5.60 Å². The molecule has 2 amide bonds. The van der Waals surface area contributed by atoms with Gasteiger partial charge < -0.3 is 20.3 Å². The van der Waals surface area contributed by atoms with Gasteiger partial charge >= 0.3 is 6.09 Å². The molecule has 132 valence electrons. The minimum atomic E-state index is -0.437. The third kappa shape index (κ3) is 7.20. The molecule has 0 aromatic rings. The Morgan fingerprint density at radius 3 is 2.30 bits per heavy atom. The lowest BCUT2D eigenvalue weighted by Gasteiger charge is -2.33. The fraction of sp³-hybridized carbons (Fsp3) is 0.882. The summed E-state index contributed by atoms with van der Waals surface area (Å²) in [7, 11) is 0. The van der Waals surface area contributed by atoms with Crippen molar-refractivity contribution in [3.63, 3.8) is 0 Å². The van der Waals surface area contributed by atoms with Crippen LogP contribution in [-0.2, 0) is 9.53 Å². The molecule has 1 saturated carbocycles. The normalized spacial score (nSPS) is 19.5. The molecule has 1 aliphatic heterocycles. The summed E-state index contributed by atoms with van der Waals surface area (Å²) in [6.07, 6.45) is 5.40. The number of hydrogen-bond donors (Lipinski definition) is 2. The Bertz CT molecular complexity index is 408. The van der Waals surface area contributed by atoms with Crippen LogP contribution in [0.1, 0.15) is 59.3 Å². The molecule has 2 aliphatic rings. The predicted octanol–water partition coefficient (Wildman–Crippen LogP) is 2.03. The van der Waals surface area contributed by atoms with Crippen LogP contribution < -0.4 is 10.6 Å². The highest BCUT2D eigenvalue weighted by atomic mass is 16.6. The van der Waals surface area contributed by atoms with E-state index in [1.165, 1.54) is 0 Å². The van der Waals surface area contributed by atoms with Crippen molar-refractivity contribution in [2.75, 3.05) is 19.6 Å². The van der Waals surface area contributed by atoms with Gasteiger partial charge in [0.25, 0.3) is 0 Å². The summed E-state index contributed by atoms with van der Waals surface area (Å²) in [5.74, 6) is 0.175. The summed E-state index contributed by atoms with van der Waals surface area (Å²) in [6.45, 7) is 7.98. The van der Waals surface area contributed by atoms with Crippen LogP contribution >= 0.6 is 0 Å². The number of nitrogens with zero attached hydrogens (tertiary/aromatic N) is 1. The number of carbonyl (C=O) groups excluding carboxylic acids is 2. The van der Waals surface area contributed by atoms with E-state index in [4.69, 9.17) is 4.74 Å². The third-order valence-corrected chi connectivity index (χ3v) is 4.10. The first-order valence-electron chi connectivity index (χ1n) is 8.84. The summed E-state index contributed by atoms with van der Waals surface area (Å²) in [4.78, 5) is 25.4. The van der Waals surface area contributed by atoms with E-state index in [1.807, 2.05) is 20.8 Å². The molecule has 1 aliphatic carbocycles. The second kappa shape index (κ2) is 7.99. The van der Waals surface area contributed by atoms with Gasteiger partial charge in [-0.05, 0) is 59.4 Å². The van der Waals surface area contributed by atoms with E-state index in [0.29, 0.717) is 18.5 Å². The summed E-state index contributed by atoms with van der Waals surface area (Å²) in [5, 5.41) is 6.50. The first-order valence-corrected chi connectivity index (χ1v) is 8.84. The summed E-state index contributed by atoms with van der Waals surface area (Å²) < 4.78 is 5.40. The molecule has 2 fully saturated rings. The van der Waals surface area contributed by atoms with Crippen molar-refractivity contribution in [2.24, 2.45) is 0 Å². The summed E-state index contributed by atoms with van der Waals surface area (Å²) >= 11 is 0. The molecular weight excluding hydrogens is 294 g/mol. The van der Waals surface area contributed by atoms with Crippen LogP contribution in [-0.4, -0.2) is 54.2 Å². The van der Waals surface area contributed by atoms with Gasteiger partial charge in [0.05, 0.1) is 0 Å². The molecule has 0 unspecified atom stereocenters. The molecule has 1 heterocycles. The van der Waals surface area contributed by atoms with E-state index < -0.39 is 5.60 Å². The van der Waals surface area contributed by atoms with Crippen LogP contribution in [0.25, 0.3) is 0 Å². The van der Waals surface area contributed by atoms with E-state index in [-0.39, 0.29) is 12.0 Å². The molecule has 6 nitrogen and oxygen atoms in total. The number of rotatable bonds is 6. The van der Waals surface area contributed by atoms with Crippen molar-refractivity contribution >= 4 is 12.0 Å². The standard InChI is InChI=1S/C17H31N3O3/c1-17(2,3)23-16(22)20-11-8-13(9-12-20)18-10-4-5-15(21)19-14-6-7-14/h13-14,18H,4-12H2,1-3H3,(H,19,21). The minimum Gasteiger partial charge on any atom is -0.444 e. The Kier molecular flexibility index (Phi) is 6.27. The number of nitrogens with one attached hydrogen (secondary N) is 2. The summed E-state index contributed by atoms with van der Waals surface area (Å²) in [6, 6.07) is 0.882. The van der Waals surface area contributed by atoms with Crippen LogP contribution in [0.3, 0.4) is 0 Å². The molecule has 2 N–H and O–H groups in total. The highest BCUT2D eigenvalue weighted by Gasteiger charge is 2.26. The predicted molar refractivity (Wildman–Crippen MR) is 89.2 cm³/mol. The zero-order valence-electron chi connectivity index (χ0n) is 14.7. The minimum absolute atomic E-state index is 0.175. The highest BCUT2D eigenvalue weighted by molar-refractivity contribution is 5.76. The van der Waals surface area contributed by atoms with Crippen molar-refractivity contribution in [3.8, 4) is 0 Å². The first kappa shape index (κ1) is 18.0. The average Bonchev–Trinajstić information content (AvgIpc) is 3.26. The van der Waals surface area contributed by atoms with Gasteiger partial charge in [-0.25, -0.2) is 4.79 Å². The van der Waals surface area contributed by atoms with Gasteiger partial charge in [0, 0.05) is 31.6 Å². The molecule has 0 atom stereocenters. The monoisotopic (exact) mass is 325 g/mol. The number of piperidine rings is 1. The van der Waals surface area contributed by atoms with Crippen LogP contribution in [0.15, 0.2) is 0 Å². The zero-order chi connectivity index (χ0) is 16.9. The number of hydrogen-bond acceptors (Lipinski definition) is 4. The Balaban J connectivity index is 1.54. The highest BCUT2D eigenvalue weighted by Crippen LogP contribution is 2.18. The fourth-order valence-corrected chi connectivity index (χ4v) is 2.68. The SMILES string of the molecule is CC(C)(C)OC(=O)N1CCC(NCCCC(=O)NC2CC2)CC1. The maximum absolute atomic E-state index is 12.0. The first-order chi connectivity index (χ1) is 10.8. The molecule has 6 heteroatoms. The Hall–Kier alpha value is -1.30. The van der Waals surface area contributed by atoms with Gasteiger partial charge in [-0.1, -0.05) is 0 Å². The lowest BCUT2D eigenvalue weighted by molar-refractivity contribution is -0.121. The maximum atomic E-state index is 12.0. The molecule has 0 radical (unpaired) electrons. The van der Waals surface area contributed by atoms with Crippen LogP contribution in [0.4, 0.5) is 4.79 Å². The molecule has 0 bridgehead atoms. The average molecular weight is 325 g/mol. The largest absolute Gasteiger partial charge is 0.444 e. The Morgan fingerprint density at radius 2 is 1.74 bits per heavy atom. The third-order valence-electron chi connectivity index (χ3n) is 4.10. The van der Waals surface area contributed by atoms with E-state index in [0.717, 1.165) is 51.7 Å². The van der Waals surface area contributed by atoms with Crippen molar-refractivity contribution < 1.29 is 14.3 Å². The van der Waals surface area contributed by atoms with Gasteiger partial charge in [-0.2, -0.15) is 0 Å². The molecule has 0 aromatic carbocycles. The lowest BCUT2D eigenvalue weighted by atomic mass is 10.1. The fourth-order valence-electron chi connectivity index (χ4n) is 2.68. The molecule has 1 saturated heterocycles. The Morgan fingerprint density at radius 1 is 1.09 bits per heavy atom. The second-order valence-electron chi connectivity index (χ2n) is 7.64. The van der Waals surface area contributed by atoms with Gasteiger partial charge in [0.15, 0.2) is 0 Å². The van der Waals surface area contributed by atoms with Gasteiger partial charge in [-0.15, -0.1) is 0 Å². The topological polar surface area (TPSA) is 70.7 Å². The number of carbonyl (C=O) groups is 2. The van der Waals surface area contributed by atoms with Crippen molar-refractivity contribution in [2.45, 2.75) is 77.0 Å². The summed E-state index contributed by atoms with van der Waals surface area (Å²) in [5.41, 5.74) is -0.437. The van der Waals surface area contributed by atoms with Crippen LogP contribution in [0.2, 0.25) is 0 Å². The van der Waals surface area contributed by atoms with Gasteiger partial charge in [-0.3, -0.25) is 4.79 Å². The number of ether oxygens (including phenoxy) is 1. The number of likely N-dealkylation sites (tertiary alicyclic amines) is 1. The van der Waals surface area contributed by atoms with Crippen molar-refractivity contribution in [3.05, 3.63) is 0 Å². The molecule has 0 aromatic heterocycles. The van der Waals surface area contributed by atoms with E-state index >= 15 is 0 Å². The van der Waals surface area contributed by atoms with E-state index in [2.05, 4.69) is 10.6 Å². The maximum Gasteiger partial charge on any atom is 0.410 e. The molecule has 2 rings (SSSR count). The zero-order valence-corrected chi connectivity index (χ0v) is 14.7. The Labute approximate surface area is 139 Å². The number of amides is 2. The lowest BCUT2D eigenvalue weighted by Crippen LogP contribution is -2.46. The van der Waals surface area contributed by atoms with E-state index in [1.54, 1.807) is 4.90 Å². The van der Waals surface area contributed by atoms with Crippen LogP contribution in [0, 0.1) is 0 Å². The molecule has 0 spiro atoms. The molecule has 23 heavy (non-hydrogen) atoms. The van der Waals surface area contributed by atoms with Gasteiger partial charge in [0.2, 0.25) is 5.91 Å². The van der Waals surface area contributed by atoms with Crippen molar-refractivity contribution in [1.29, 1.82) is 0 Å². The second-order valence-corrected chi connectivity index (χ2v) is 7.64. The van der Waals surface area contributed by atoms with E-state index in [9.17, 15) is 9.59 Å². The smallest absolute Gasteiger partial charge is 0.410 e. The van der Waals surface area contributed by atoms with Crippen molar-refractivity contribution in [1.82, 2.24) is 15.5 Å². The molecular formula is C17H31N3O3. The van der Waals surface area contributed by atoms with Crippen LogP contribution in [0.5, 0.6) is 0 Å².